The van der Waals surface area contributed by atoms with Gasteiger partial charge in [0.05, 0.1) is 5.69 Å². The Morgan fingerprint density at radius 3 is 2.00 bits per heavy atom. The van der Waals surface area contributed by atoms with E-state index in [0.717, 1.165) is 22.7 Å². The number of hydrogen-bond acceptors (Lipinski definition) is 6. The predicted molar refractivity (Wildman–Crippen MR) is 141 cm³/mol. The Hall–Kier alpha value is -4.98. The molecule has 0 radical (unpaired) electrons. The van der Waals surface area contributed by atoms with E-state index >= 15 is 0 Å². The van der Waals surface area contributed by atoms with Crippen LogP contribution < -0.4 is 14.8 Å². The van der Waals surface area contributed by atoms with Crippen LogP contribution in [0.3, 0.4) is 0 Å². The highest BCUT2D eigenvalue weighted by atomic mass is 16.5. The van der Waals surface area contributed by atoms with Crippen molar-refractivity contribution in [3.05, 3.63) is 114 Å². The average Bonchev–Trinajstić information content (AvgIpc) is 3.18. The fourth-order valence-corrected chi connectivity index (χ4v) is 3.65. The monoisotopic (exact) mass is 491 g/mol. The second-order valence-corrected chi connectivity index (χ2v) is 8.46. The predicted octanol–water partition coefficient (Wildman–Crippen LogP) is 6.42. The summed E-state index contributed by atoms with van der Waals surface area (Å²) < 4.78 is 13.3. The van der Waals surface area contributed by atoms with Gasteiger partial charge in [-0.25, -0.2) is 4.68 Å². The van der Waals surface area contributed by atoms with Crippen molar-refractivity contribution in [3.63, 3.8) is 0 Å². The molecule has 184 valence electrons. The van der Waals surface area contributed by atoms with Crippen molar-refractivity contribution in [2.45, 2.75) is 20.8 Å². The van der Waals surface area contributed by atoms with Gasteiger partial charge in [0.25, 0.3) is 5.91 Å². The van der Waals surface area contributed by atoms with E-state index in [9.17, 15) is 4.79 Å². The van der Waals surface area contributed by atoms with Crippen molar-refractivity contribution in [2.75, 3.05) is 5.32 Å². The summed E-state index contributed by atoms with van der Waals surface area (Å²) >= 11 is 0. The summed E-state index contributed by atoms with van der Waals surface area (Å²) in [6, 6.07) is 27.1. The first-order chi connectivity index (χ1) is 18.0. The minimum Gasteiger partial charge on any atom is -0.457 e. The first kappa shape index (κ1) is 23.7. The van der Waals surface area contributed by atoms with E-state index in [4.69, 9.17) is 9.47 Å². The van der Waals surface area contributed by atoms with Gasteiger partial charge in [0, 0.05) is 23.0 Å². The van der Waals surface area contributed by atoms with Gasteiger partial charge < -0.3 is 14.8 Å². The molecule has 1 N–H and O–H groups in total. The Morgan fingerprint density at radius 2 is 1.38 bits per heavy atom. The number of aromatic nitrogens is 4. The molecular formula is C29H25N5O3. The smallest absolute Gasteiger partial charge is 0.255 e. The number of hydrogen-bond donors (Lipinski definition) is 1. The van der Waals surface area contributed by atoms with Crippen molar-refractivity contribution in [2.24, 2.45) is 0 Å². The molecule has 2 aromatic heterocycles. The maximum Gasteiger partial charge on any atom is 0.255 e. The lowest BCUT2D eigenvalue weighted by Gasteiger charge is -2.09. The van der Waals surface area contributed by atoms with E-state index in [2.05, 4.69) is 20.6 Å². The van der Waals surface area contributed by atoms with E-state index in [1.807, 2.05) is 57.2 Å². The summed E-state index contributed by atoms with van der Waals surface area (Å²) in [5.41, 5.74) is 4.27. The maximum absolute atomic E-state index is 12.6. The lowest BCUT2D eigenvalue weighted by Crippen LogP contribution is -2.11. The molecule has 3 aromatic carbocycles. The molecule has 0 aliphatic heterocycles. The van der Waals surface area contributed by atoms with Gasteiger partial charge in [-0.1, -0.05) is 18.2 Å². The van der Waals surface area contributed by atoms with Gasteiger partial charge in [-0.05, 0) is 93.1 Å². The van der Waals surface area contributed by atoms with E-state index in [1.165, 1.54) is 0 Å². The van der Waals surface area contributed by atoms with Gasteiger partial charge in [-0.2, -0.15) is 5.10 Å². The highest BCUT2D eigenvalue weighted by molar-refractivity contribution is 6.04. The maximum atomic E-state index is 12.6. The summed E-state index contributed by atoms with van der Waals surface area (Å²) in [6.45, 7) is 5.99. The second-order valence-electron chi connectivity index (χ2n) is 8.46. The van der Waals surface area contributed by atoms with Crippen LogP contribution >= 0.6 is 0 Å². The number of rotatable bonds is 7. The Morgan fingerprint density at radius 1 is 0.730 bits per heavy atom. The molecule has 8 nitrogen and oxygen atoms in total. The minimum atomic E-state index is -0.222. The van der Waals surface area contributed by atoms with Crippen molar-refractivity contribution in [3.8, 4) is 28.9 Å². The number of carbonyl (C=O) groups excluding carboxylic acids is 1. The average molecular weight is 492 g/mol. The zero-order valence-electron chi connectivity index (χ0n) is 20.7. The molecule has 0 atom stereocenters. The highest BCUT2D eigenvalue weighted by Crippen LogP contribution is 2.24. The lowest BCUT2D eigenvalue weighted by molar-refractivity contribution is 0.102. The largest absolute Gasteiger partial charge is 0.457 e. The summed E-state index contributed by atoms with van der Waals surface area (Å²) in [5, 5.41) is 15.8. The van der Waals surface area contributed by atoms with Crippen LogP contribution in [0.25, 0.3) is 5.82 Å². The number of aryl methyl sites for hydroxylation is 1. The number of carbonyl (C=O) groups is 1. The van der Waals surface area contributed by atoms with E-state index < -0.39 is 0 Å². The SMILES string of the molecule is Cc1nn(-c2ccc(Oc3ccc(NC(=O)c4ccc(Oc5ccccc5)cc4)cc3)nn2)c(C)c1C. The first-order valence-electron chi connectivity index (χ1n) is 11.8. The summed E-state index contributed by atoms with van der Waals surface area (Å²) in [6.07, 6.45) is 0. The fraction of sp³-hybridized carbons (Fsp3) is 0.103. The summed E-state index contributed by atoms with van der Waals surface area (Å²) in [4.78, 5) is 12.6. The molecule has 1 amide bonds. The van der Waals surface area contributed by atoms with Crippen LogP contribution in [0.1, 0.15) is 27.3 Å². The van der Waals surface area contributed by atoms with Gasteiger partial charge >= 0.3 is 0 Å². The van der Waals surface area contributed by atoms with E-state index in [-0.39, 0.29) is 5.91 Å². The van der Waals surface area contributed by atoms with Crippen LogP contribution in [0.4, 0.5) is 5.69 Å². The number of anilines is 1. The van der Waals surface area contributed by atoms with Crippen molar-refractivity contribution in [1.82, 2.24) is 20.0 Å². The Kier molecular flexibility index (Phi) is 6.63. The lowest BCUT2D eigenvalue weighted by atomic mass is 10.2. The molecule has 0 aliphatic rings. The third-order valence-corrected chi connectivity index (χ3v) is 5.93. The molecule has 0 unspecified atom stereocenters. The fourth-order valence-electron chi connectivity index (χ4n) is 3.65. The molecule has 0 aliphatic carbocycles. The quantitative estimate of drug-likeness (QED) is 0.282. The molecule has 5 rings (SSSR count). The Labute approximate surface area is 214 Å². The number of nitrogens with one attached hydrogen (secondary N) is 1. The summed E-state index contributed by atoms with van der Waals surface area (Å²) in [7, 11) is 0. The van der Waals surface area contributed by atoms with E-state index in [1.54, 1.807) is 59.3 Å². The number of ether oxygens (including phenoxy) is 2. The second kappa shape index (κ2) is 10.3. The van der Waals surface area contributed by atoms with Crippen molar-refractivity contribution < 1.29 is 14.3 Å². The van der Waals surface area contributed by atoms with Gasteiger partial charge in [0.1, 0.15) is 17.2 Å². The molecule has 8 heteroatoms. The van der Waals surface area contributed by atoms with Crippen LogP contribution in [0.15, 0.2) is 91.0 Å². The third kappa shape index (κ3) is 5.48. The van der Waals surface area contributed by atoms with Gasteiger partial charge in [-0.15, -0.1) is 10.2 Å². The zero-order valence-corrected chi connectivity index (χ0v) is 20.7. The standard InChI is InChI=1S/C29H25N5O3/c1-19-20(2)33-34(21(19)3)27-17-18-28(32-31-27)37-26-15-11-23(12-16-26)30-29(35)22-9-13-25(14-10-22)36-24-7-5-4-6-8-24/h4-18H,1-3H3,(H,30,35). The molecule has 0 fully saturated rings. The van der Waals surface area contributed by atoms with Crippen molar-refractivity contribution in [1.29, 1.82) is 0 Å². The Bertz CT molecular complexity index is 1510. The van der Waals surface area contributed by atoms with Crippen LogP contribution in [-0.4, -0.2) is 25.9 Å². The Balaban J connectivity index is 1.18. The normalized spacial score (nSPS) is 10.7. The number of para-hydroxylation sites is 1. The minimum absolute atomic E-state index is 0.222. The number of amides is 1. The van der Waals surface area contributed by atoms with Gasteiger partial charge in [0.2, 0.25) is 5.88 Å². The molecule has 2 heterocycles. The third-order valence-electron chi connectivity index (χ3n) is 5.93. The zero-order chi connectivity index (χ0) is 25.8. The molecular weight excluding hydrogens is 466 g/mol. The van der Waals surface area contributed by atoms with Crippen LogP contribution in [0.2, 0.25) is 0 Å². The van der Waals surface area contributed by atoms with Crippen LogP contribution in [0.5, 0.6) is 23.1 Å². The van der Waals surface area contributed by atoms with E-state index in [0.29, 0.717) is 34.4 Å². The topological polar surface area (TPSA) is 91.2 Å². The van der Waals surface area contributed by atoms with Crippen LogP contribution in [-0.2, 0) is 0 Å². The van der Waals surface area contributed by atoms with Crippen LogP contribution in [0, 0.1) is 20.8 Å². The summed E-state index contributed by atoms with van der Waals surface area (Å²) in [5.74, 6) is 2.73. The molecule has 37 heavy (non-hydrogen) atoms. The van der Waals surface area contributed by atoms with Gasteiger partial charge in [0.15, 0.2) is 5.82 Å². The molecule has 0 spiro atoms. The number of benzene rings is 3. The molecule has 0 saturated heterocycles. The highest BCUT2D eigenvalue weighted by Gasteiger charge is 2.11. The molecule has 5 aromatic rings. The number of nitrogens with zero attached hydrogens (tertiary/aromatic N) is 4. The molecule has 0 saturated carbocycles. The van der Waals surface area contributed by atoms with Crippen molar-refractivity contribution >= 4 is 11.6 Å². The first-order valence-corrected chi connectivity index (χ1v) is 11.8. The molecule has 0 bridgehead atoms. The van der Waals surface area contributed by atoms with Gasteiger partial charge in [-0.3, -0.25) is 4.79 Å².